The van der Waals surface area contributed by atoms with Crippen LogP contribution in [0.1, 0.15) is 53.7 Å². The first-order valence-corrected chi connectivity index (χ1v) is 11.3. The third-order valence-electron chi connectivity index (χ3n) is 6.03. The Hall–Kier alpha value is -3.60. The fourth-order valence-corrected chi connectivity index (χ4v) is 3.88. The van der Waals surface area contributed by atoms with Crippen LogP contribution in [-0.2, 0) is 20.7 Å². The number of likely N-dealkylation sites (N-methyl/N-ethyl adjacent to an activating group) is 2. The Morgan fingerprint density at radius 2 is 1.80 bits per heavy atom. The van der Waals surface area contributed by atoms with E-state index in [2.05, 4.69) is 4.98 Å². The molecule has 0 unspecified atom stereocenters. The Labute approximate surface area is 201 Å². The molecule has 0 saturated heterocycles. The van der Waals surface area contributed by atoms with Crippen molar-refractivity contribution >= 4 is 17.6 Å². The summed E-state index contributed by atoms with van der Waals surface area (Å²) in [5.74, 6) is -3.31. The van der Waals surface area contributed by atoms with Crippen LogP contribution in [0.15, 0.2) is 29.1 Å². The van der Waals surface area contributed by atoms with Gasteiger partial charge in [0.05, 0.1) is 19.3 Å². The van der Waals surface area contributed by atoms with Crippen LogP contribution in [0.5, 0.6) is 5.75 Å². The first-order chi connectivity index (χ1) is 16.6. The van der Waals surface area contributed by atoms with Crippen molar-refractivity contribution in [2.75, 3.05) is 34.4 Å². The second-order valence-electron chi connectivity index (χ2n) is 8.62. The van der Waals surface area contributed by atoms with Gasteiger partial charge in [0.2, 0.25) is 5.75 Å². The lowest BCUT2D eigenvalue weighted by atomic mass is 10.0. The SMILES string of the molecule is CC[C@@H]1COC[C@H](N(C)C(=O)C(=O)N(C)C)c2nc(C(=O)CCc3ccc(F)cc3)c(O)c(=O)n21. The Bertz CT molecular complexity index is 1180. The van der Waals surface area contributed by atoms with Crippen LogP contribution in [0.2, 0.25) is 0 Å². The van der Waals surface area contributed by atoms with Crippen LogP contribution in [0.3, 0.4) is 0 Å². The summed E-state index contributed by atoms with van der Waals surface area (Å²) in [6.07, 6.45) is 0.632. The van der Waals surface area contributed by atoms with Crippen LogP contribution < -0.4 is 5.56 Å². The maximum atomic E-state index is 13.2. The van der Waals surface area contributed by atoms with E-state index in [1.807, 2.05) is 6.92 Å². The minimum atomic E-state index is -0.945. The second kappa shape index (κ2) is 10.8. The van der Waals surface area contributed by atoms with Crippen molar-refractivity contribution in [2.45, 2.75) is 38.3 Å². The fraction of sp³-hybridized carbons (Fsp3) is 0.458. The second-order valence-corrected chi connectivity index (χ2v) is 8.62. The molecule has 35 heavy (non-hydrogen) atoms. The Morgan fingerprint density at radius 1 is 1.14 bits per heavy atom. The number of aromatic hydroxyl groups is 1. The van der Waals surface area contributed by atoms with Crippen LogP contribution in [0.25, 0.3) is 0 Å². The van der Waals surface area contributed by atoms with E-state index >= 15 is 0 Å². The highest BCUT2D eigenvalue weighted by atomic mass is 19.1. The van der Waals surface area contributed by atoms with Crippen molar-refractivity contribution in [3.8, 4) is 5.75 Å². The van der Waals surface area contributed by atoms with Gasteiger partial charge in [0.1, 0.15) is 17.7 Å². The zero-order valence-electron chi connectivity index (χ0n) is 20.2. The number of fused-ring (bicyclic) bond motifs is 1. The molecule has 11 heteroatoms. The average Bonchev–Trinajstić information content (AvgIpc) is 3.03. The van der Waals surface area contributed by atoms with E-state index in [1.165, 1.54) is 37.8 Å². The molecule has 2 heterocycles. The van der Waals surface area contributed by atoms with Gasteiger partial charge in [-0.3, -0.25) is 23.7 Å². The molecule has 2 amide bonds. The van der Waals surface area contributed by atoms with Gasteiger partial charge in [-0.2, -0.15) is 0 Å². The minimum Gasteiger partial charge on any atom is -0.501 e. The smallest absolute Gasteiger partial charge is 0.312 e. The van der Waals surface area contributed by atoms with Crippen molar-refractivity contribution in [1.29, 1.82) is 0 Å². The van der Waals surface area contributed by atoms with E-state index in [9.17, 15) is 28.7 Å². The van der Waals surface area contributed by atoms with Crippen LogP contribution >= 0.6 is 0 Å². The summed E-state index contributed by atoms with van der Waals surface area (Å²) < 4.78 is 20.1. The van der Waals surface area contributed by atoms with Crippen LogP contribution in [0, 0.1) is 5.82 Å². The largest absolute Gasteiger partial charge is 0.501 e. The topological polar surface area (TPSA) is 122 Å². The Kier molecular flexibility index (Phi) is 8.00. The quantitative estimate of drug-likeness (QED) is 0.483. The van der Waals surface area contributed by atoms with E-state index in [1.54, 1.807) is 12.1 Å². The summed E-state index contributed by atoms with van der Waals surface area (Å²) in [6.45, 7) is 1.90. The molecule has 0 spiro atoms. The van der Waals surface area contributed by atoms with Gasteiger partial charge >= 0.3 is 11.8 Å². The third kappa shape index (κ3) is 5.40. The molecule has 10 nitrogen and oxygen atoms in total. The molecule has 0 fully saturated rings. The van der Waals surface area contributed by atoms with Gasteiger partial charge in [-0.15, -0.1) is 0 Å². The molecular weight excluding hydrogens is 459 g/mol. The van der Waals surface area contributed by atoms with Crippen LogP contribution in [-0.4, -0.2) is 76.4 Å². The zero-order valence-corrected chi connectivity index (χ0v) is 20.2. The highest BCUT2D eigenvalue weighted by molar-refractivity contribution is 6.34. The normalized spacial score (nSPS) is 17.3. The lowest BCUT2D eigenvalue weighted by Gasteiger charge is -2.28. The molecule has 2 atom stereocenters. The molecule has 0 saturated carbocycles. The third-order valence-corrected chi connectivity index (χ3v) is 6.03. The number of Topliss-reactive ketones (excluding diaryl/α,β-unsaturated/α-hetero) is 1. The number of hydrogen-bond donors (Lipinski definition) is 1. The fourth-order valence-electron chi connectivity index (χ4n) is 3.88. The predicted octanol–water partition coefficient (Wildman–Crippen LogP) is 1.47. The molecule has 1 aromatic carbocycles. The van der Waals surface area contributed by atoms with Gasteiger partial charge in [-0.25, -0.2) is 9.37 Å². The van der Waals surface area contributed by atoms with E-state index in [-0.39, 0.29) is 31.9 Å². The standard InChI is InChI=1S/C24H29FN4O6/c1-5-16-12-35-13-17(28(4)24(34)23(33)27(2)3)21-26-19(20(31)22(32)29(16)21)18(30)11-8-14-6-9-15(25)10-7-14/h6-7,9-10,16-17,31H,5,8,11-13H2,1-4H3/t16-,17+/m1/s1. The number of nitrogens with zero attached hydrogens (tertiary/aromatic N) is 4. The maximum absolute atomic E-state index is 13.2. The van der Waals surface area contributed by atoms with Gasteiger partial charge in [0.25, 0.3) is 5.56 Å². The molecule has 0 aliphatic carbocycles. The van der Waals surface area contributed by atoms with Gasteiger partial charge in [-0.1, -0.05) is 19.1 Å². The molecule has 1 N–H and O–H groups in total. The van der Waals surface area contributed by atoms with Crippen molar-refractivity contribution in [1.82, 2.24) is 19.4 Å². The zero-order chi connectivity index (χ0) is 25.9. The summed E-state index contributed by atoms with van der Waals surface area (Å²) in [6, 6.07) is 4.22. The molecule has 3 rings (SSSR count). The Balaban J connectivity index is 2.02. The van der Waals surface area contributed by atoms with Crippen molar-refractivity contribution < 1.29 is 28.6 Å². The number of ketones is 1. The van der Waals surface area contributed by atoms with Crippen LogP contribution in [0.4, 0.5) is 4.39 Å². The molecule has 188 valence electrons. The summed E-state index contributed by atoms with van der Waals surface area (Å²) in [5, 5.41) is 10.6. The molecule has 0 bridgehead atoms. The van der Waals surface area contributed by atoms with E-state index in [0.717, 1.165) is 9.80 Å². The number of hydrogen-bond acceptors (Lipinski definition) is 7. The first-order valence-electron chi connectivity index (χ1n) is 11.3. The number of carbonyl (C=O) groups is 3. The van der Waals surface area contributed by atoms with Crippen molar-refractivity contribution in [2.24, 2.45) is 0 Å². The summed E-state index contributed by atoms with van der Waals surface area (Å²) in [5.41, 5.74) is -0.525. The maximum Gasteiger partial charge on any atom is 0.312 e. The predicted molar refractivity (Wildman–Crippen MR) is 124 cm³/mol. The molecule has 0 radical (unpaired) electrons. The summed E-state index contributed by atoms with van der Waals surface area (Å²) in [4.78, 5) is 57.8. The monoisotopic (exact) mass is 488 g/mol. The molecule has 1 aromatic heterocycles. The minimum absolute atomic E-state index is 0.0557. The number of halogens is 1. The number of amides is 2. The van der Waals surface area contributed by atoms with Gasteiger partial charge in [0.15, 0.2) is 11.5 Å². The van der Waals surface area contributed by atoms with Crippen molar-refractivity contribution in [3.63, 3.8) is 0 Å². The highest BCUT2D eigenvalue weighted by Gasteiger charge is 2.36. The molecule has 1 aliphatic heterocycles. The summed E-state index contributed by atoms with van der Waals surface area (Å²) >= 11 is 0. The van der Waals surface area contributed by atoms with E-state index in [0.29, 0.717) is 12.0 Å². The molecule has 2 aromatic rings. The van der Waals surface area contributed by atoms with E-state index < -0.39 is 52.5 Å². The highest BCUT2D eigenvalue weighted by Crippen LogP contribution is 2.28. The van der Waals surface area contributed by atoms with Gasteiger partial charge < -0.3 is 19.6 Å². The van der Waals surface area contributed by atoms with Gasteiger partial charge in [0, 0.05) is 27.6 Å². The van der Waals surface area contributed by atoms with E-state index in [4.69, 9.17) is 4.74 Å². The Morgan fingerprint density at radius 3 is 2.40 bits per heavy atom. The lowest BCUT2D eigenvalue weighted by molar-refractivity contribution is -0.151. The lowest BCUT2D eigenvalue weighted by Crippen LogP contribution is -2.44. The average molecular weight is 489 g/mol. The number of aryl methyl sites for hydroxylation is 1. The number of aromatic nitrogens is 2. The summed E-state index contributed by atoms with van der Waals surface area (Å²) in [7, 11) is 4.28. The number of benzene rings is 1. The van der Waals surface area contributed by atoms with Crippen molar-refractivity contribution in [3.05, 3.63) is 57.5 Å². The number of ether oxygens (including phenoxy) is 1. The van der Waals surface area contributed by atoms with Gasteiger partial charge in [-0.05, 0) is 30.5 Å². The molecule has 1 aliphatic rings. The molecular formula is C24H29FN4O6. The number of rotatable bonds is 6. The first kappa shape index (κ1) is 26.0. The number of carbonyl (C=O) groups excluding carboxylic acids is 3.